The summed E-state index contributed by atoms with van der Waals surface area (Å²) in [4.78, 5) is 39.1. The van der Waals surface area contributed by atoms with Crippen molar-refractivity contribution in [2.24, 2.45) is 0 Å². The quantitative estimate of drug-likeness (QED) is 0.375. The number of nitrogens with zero attached hydrogens (tertiary/aromatic N) is 1. The van der Waals surface area contributed by atoms with Gasteiger partial charge in [0.1, 0.15) is 24.4 Å². The van der Waals surface area contributed by atoms with Crippen molar-refractivity contribution in [3.63, 3.8) is 0 Å². The third kappa shape index (κ3) is 2.90. The maximum absolute atomic E-state index is 13.4. The molecule has 0 bridgehead atoms. The number of ether oxygens (including phenoxy) is 1. The molecule has 0 saturated carbocycles. The monoisotopic (exact) mass is 394 g/mol. The summed E-state index contributed by atoms with van der Waals surface area (Å²) in [6.07, 6.45) is -8.26. The zero-order chi connectivity index (χ0) is 20.6. The van der Waals surface area contributed by atoms with Crippen LogP contribution in [0.15, 0.2) is 30.3 Å². The smallest absolute Gasteiger partial charge is 0.333 e. The molecule has 10 heteroatoms. The number of rotatable bonds is 4. The summed E-state index contributed by atoms with van der Waals surface area (Å²) >= 11 is 0. The lowest BCUT2D eigenvalue weighted by molar-refractivity contribution is -0.256. The van der Waals surface area contributed by atoms with Crippen molar-refractivity contribution in [3.05, 3.63) is 35.9 Å². The zero-order valence-electron chi connectivity index (χ0n) is 15.1. The van der Waals surface area contributed by atoms with Crippen LogP contribution in [0.25, 0.3) is 0 Å². The normalized spacial score (nSPS) is 36.4. The molecule has 152 valence electrons. The predicted octanol–water partition coefficient (Wildman–Crippen LogP) is -1.79. The molecular formula is C18H22N2O8. The minimum absolute atomic E-state index is 0.0167. The Morgan fingerprint density at radius 2 is 1.71 bits per heavy atom. The molecule has 0 aromatic heterocycles. The molecule has 28 heavy (non-hydrogen) atoms. The van der Waals surface area contributed by atoms with Gasteiger partial charge in [-0.05, 0) is 12.0 Å². The molecule has 0 unspecified atom stereocenters. The van der Waals surface area contributed by atoms with Crippen LogP contribution in [0.1, 0.15) is 18.9 Å². The van der Waals surface area contributed by atoms with E-state index < -0.39 is 60.5 Å². The molecule has 0 spiro atoms. The molecule has 2 saturated heterocycles. The summed E-state index contributed by atoms with van der Waals surface area (Å²) in [5.41, 5.74) is -1.39. The number of urea groups is 1. The number of barbiturate groups is 1. The number of nitrogens with one attached hydrogen (secondary N) is 1. The Balaban J connectivity index is 2.05. The summed E-state index contributed by atoms with van der Waals surface area (Å²) in [6.45, 7) is 0.882. The highest BCUT2D eigenvalue weighted by Gasteiger charge is 2.58. The van der Waals surface area contributed by atoms with E-state index >= 15 is 0 Å². The molecule has 1 aromatic rings. The molecule has 3 rings (SSSR count). The van der Waals surface area contributed by atoms with Gasteiger partial charge in [0.15, 0.2) is 11.6 Å². The van der Waals surface area contributed by atoms with Crippen molar-refractivity contribution < 1.29 is 39.5 Å². The number of imide groups is 2. The average Bonchev–Trinajstić information content (AvgIpc) is 2.69. The highest BCUT2D eigenvalue weighted by molar-refractivity contribution is 6.23. The second-order valence-electron chi connectivity index (χ2n) is 6.78. The average molecular weight is 394 g/mol. The van der Waals surface area contributed by atoms with Crippen LogP contribution in [-0.4, -0.2) is 80.4 Å². The van der Waals surface area contributed by atoms with Gasteiger partial charge in [0.05, 0.1) is 6.61 Å². The van der Waals surface area contributed by atoms with Gasteiger partial charge in [0.2, 0.25) is 5.91 Å². The van der Waals surface area contributed by atoms with E-state index in [2.05, 4.69) is 5.32 Å². The fraction of sp³-hybridized carbons (Fsp3) is 0.500. The Labute approximate surface area is 160 Å². The van der Waals surface area contributed by atoms with E-state index in [1.165, 1.54) is 0 Å². The number of carbonyl (C=O) groups is 3. The zero-order valence-corrected chi connectivity index (χ0v) is 15.1. The number of carbonyl (C=O) groups excluding carboxylic acids is 3. The highest BCUT2D eigenvalue weighted by atomic mass is 16.6. The van der Waals surface area contributed by atoms with Crippen LogP contribution in [-0.2, 0) is 19.7 Å². The van der Waals surface area contributed by atoms with Gasteiger partial charge in [0.25, 0.3) is 5.91 Å². The molecule has 6 atom stereocenters. The number of benzene rings is 1. The van der Waals surface area contributed by atoms with Gasteiger partial charge in [0, 0.05) is 0 Å². The molecule has 0 radical (unpaired) electrons. The SMILES string of the molecule is CC[C@]1(c2ccccc2)C(=O)NC(=O)N([C@H]2O[C@H](CO)[C@@H](O)[C@H](O)[C@H]2O)C1=O. The van der Waals surface area contributed by atoms with Gasteiger partial charge in [-0.15, -0.1) is 0 Å². The highest BCUT2D eigenvalue weighted by Crippen LogP contribution is 2.36. The van der Waals surface area contributed by atoms with E-state index in [1.54, 1.807) is 37.3 Å². The maximum Gasteiger partial charge on any atom is 0.333 e. The number of aliphatic hydroxyl groups is 4. The standard InChI is InChI=1S/C18H22N2O8/c1-2-18(9-6-4-3-5-7-9)15(25)19-17(27)20(16(18)26)14-13(24)12(23)11(22)10(8-21)28-14/h3-7,10-14,21-24H,2,8H2,1H3,(H,19,25,27)/t10-,11-,12+,13-,14+,18+/m1/s1. The Bertz CT molecular complexity index is 770. The van der Waals surface area contributed by atoms with Crippen molar-refractivity contribution in [1.82, 2.24) is 10.2 Å². The van der Waals surface area contributed by atoms with Gasteiger partial charge < -0.3 is 25.2 Å². The van der Waals surface area contributed by atoms with Crippen LogP contribution in [0.2, 0.25) is 0 Å². The Kier molecular flexibility index (Phi) is 5.50. The van der Waals surface area contributed by atoms with E-state index in [9.17, 15) is 34.8 Å². The van der Waals surface area contributed by atoms with Gasteiger partial charge in [-0.1, -0.05) is 37.3 Å². The summed E-state index contributed by atoms with van der Waals surface area (Å²) in [5.74, 6) is -1.74. The molecule has 10 nitrogen and oxygen atoms in total. The lowest BCUT2D eigenvalue weighted by atomic mass is 9.74. The van der Waals surface area contributed by atoms with E-state index in [0.29, 0.717) is 10.5 Å². The van der Waals surface area contributed by atoms with Crippen molar-refractivity contribution in [3.8, 4) is 0 Å². The van der Waals surface area contributed by atoms with Gasteiger partial charge in [-0.3, -0.25) is 14.9 Å². The topological polar surface area (TPSA) is 157 Å². The van der Waals surface area contributed by atoms with Crippen LogP contribution in [0.3, 0.4) is 0 Å². The van der Waals surface area contributed by atoms with Gasteiger partial charge >= 0.3 is 6.03 Å². The van der Waals surface area contributed by atoms with Crippen molar-refractivity contribution in [1.29, 1.82) is 0 Å². The first-order chi connectivity index (χ1) is 13.3. The first kappa shape index (κ1) is 20.4. The van der Waals surface area contributed by atoms with E-state index in [-0.39, 0.29) is 6.42 Å². The van der Waals surface area contributed by atoms with Gasteiger partial charge in [-0.2, -0.15) is 0 Å². The lowest BCUT2D eigenvalue weighted by Gasteiger charge is -2.47. The van der Waals surface area contributed by atoms with Crippen LogP contribution in [0.5, 0.6) is 0 Å². The second kappa shape index (κ2) is 7.57. The maximum atomic E-state index is 13.4. The van der Waals surface area contributed by atoms with Crippen molar-refractivity contribution >= 4 is 17.8 Å². The molecule has 4 amide bonds. The van der Waals surface area contributed by atoms with Crippen LogP contribution in [0, 0.1) is 0 Å². The Hall–Kier alpha value is -2.37. The summed E-state index contributed by atoms with van der Waals surface area (Å²) in [6, 6.07) is 7.01. The van der Waals surface area contributed by atoms with Crippen LogP contribution >= 0.6 is 0 Å². The lowest BCUT2D eigenvalue weighted by Crippen LogP contribution is -2.73. The largest absolute Gasteiger partial charge is 0.394 e. The molecule has 1 aromatic carbocycles. The number of hydrogen-bond donors (Lipinski definition) is 5. The number of hydrogen-bond acceptors (Lipinski definition) is 8. The number of amides is 4. The molecule has 0 aliphatic carbocycles. The molecule has 2 aliphatic heterocycles. The molecule has 2 fully saturated rings. The summed E-state index contributed by atoms with van der Waals surface area (Å²) < 4.78 is 5.34. The Morgan fingerprint density at radius 1 is 1.07 bits per heavy atom. The van der Waals surface area contributed by atoms with Crippen LogP contribution in [0.4, 0.5) is 4.79 Å². The minimum Gasteiger partial charge on any atom is -0.394 e. The molecular weight excluding hydrogens is 372 g/mol. The first-order valence-corrected chi connectivity index (χ1v) is 8.84. The summed E-state index contributed by atoms with van der Waals surface area (Å²) in [5, 5.41) is 41.7. The molecule has 2 aliphatic rings. The fourth-order valence-electron chi connectivity index (χ4n) is 3.68. The summed E-state index contributed by atoms with van der Waals surface area (Å²) in [7, 11) is 0. The minimum atomic E-state index is -1.84. The van der Waals surface area contributed by atoms with E-state index in [1.807, 2.05) is 0 Å². The molecule has 2 heterocycles. The van der Waals surface area contributed by atoms with Crippen LogP contribution < -0.4 is 5.32 Å². The molecule has 5 N–H and O–H groups in total. The fourth-order valence-corrected chi connectivity index (χ4v) is 3.68. The van der Waals surface area contributed by atoms with Crippen molar-refractivity contribution in [2.45, 2.75) is 49.4 Å². The van der Waals surface area contributed by atoms with Crippen molar-refractivity contribution in [2.75, 3.05) is 6.61 Å². The van der Waals surface area contributed by atoms with Gasteiger partial charge in [-0.25, -0.2) is 9.69 Å². The third-order valence-electron chi connectivity index (χ3n) is 5.33. The van der Waals surface area contributed by atoms with E-state index in [4.69, 9.17) is 4.74 Å². The number of aliphatic hydroxyl groups excluding tert-OH is 4. The third-order valence-corrected chi connectivity index (χ3v) is 5.33. The first-order valence-electron chi connectivity index (χ1n) is 8.84. The van der Waals surface area contributed by atoms with E-state index in [0.717, 1.165) is 0 Å². The second-order valence-corrected chi connectivity index (χ2v) is 6.78. The Morgan fingerprint density at radius 3 is 2.29 bits per heavy atom. The predicted molar refractivity (Wildman–Crippen MR) is 92.6 cm³/mol.